The van der Waals surface area contributed by atoms with E-state index in [0.717, 1.165) is 28.9 Å². The fourth-order valence-electron chi connectivity index (χ4n) is 2.74. The van der Waals surface area contributed by atoms with Crippen LogP contribution in [0.5, 0.6) is 0 Å². The van der Waals surface area contributed by atoms with Crippen molar-refractivity contribution in [1.29, 1.82) is 0 Å². The van der Waals surface area contributed by atoms with Gasteiger partial charge in [-0.05, 0) is 25.7 Å². The Bertz CT molecular complexity index is 530. The molecule has 1 fully saturated rings. The Hall–Kier alpha value is -1.15. The molecule has 2 rings (SSSR count). The van der Waals surface area contributed by atoms with Gasteiger partial charge in [0.2, 0.25) is 11.0 Å². The molecule has 24 heavy (non-hydrogen) atoms. The van der Waals surface area contributed by atoms with Crippen LogP contribution in [0.3, 0.4) is 0 Å². The van der Waals surface area contributed by atoms with E-state index in [0.29, 0.717) is 24.6 Å². The SMILES string of the molecule is CCOC(=O)CCCSc1nnc(NC(=O)CCC2CCCC2)s1. The summed E-state index contributed by atoms with van der Waals surface area (Å²) in [7, 11) is 0. The molecule has 0 atom stereocenters. The highest BCUT2D eigenvalue weighted by molar-refractivity contribution is 8.01. The molecular weight excluding hydrogens is 346 g/mol. The molecule has 0 saturated heterocycles. The molecule has 8 heteroatoms. The second kappa shape index (κ2) is 10.7. The van der Waals surface area contributed by atoms with Gasteiger partial charge in [0.25, 0.3) is 0 Å². The lowest BCUT2D eigenvalue weighted by Crippen LogP contribution is -2.12. The molecular formula is C16H25N3O3S2. The molecule has 0 unspecified atom stereocenters. The highest BCUT2D eigenvalue weighted by atomic mass is 32.2. The maximum atomic E-state index is 11.9. The largest absolute Gasteiger partial charge is 0.466 e. The lowest BCUT2D eigenvalue weighted by Gasteiger charge is -2.07. The molecule has 6 nitrogen and oxygen atoms in total. The molecule has 0 bridgehead atoms. The number of carbonyl (C=O) groups excluding carboxylic acids is 2. The lowest BCUT2D eigenvalue weighted by atomic mass is 10.0. The monoisotopic (exact) mass is 371 g/mol. The van der Waals surface area contributed by atoms with Crippen LogP contribution in [-0.4, -0.2) is 34.4 Å². The summed E-state index contributed by atoms with van der Waals surface area (Å²) in [6.45, 7) is 2.23. The molecule has 134 valence electrons. The summed E-state index contributed by atoms with van der Waals surface area (Å²) in [6, 6.07) is 0. The zero-order valence-corrected chi connectivity index (χ0v) is 15.7. The predicted octanol–water partition coefficient (Wildman–Crippen LogP) is 3.88. The number of nitrogens with zero attached hydrogens (tertiary/aromatic N) is 2. The highest BCUT2D eigenvalue weighted by Gasteiger charge is 2.17. The predicted molar refractivity (Wildman–Crippen MR) is 96.3 cm³/mol. The first-order chi connectivity index (χ1) is 11.7. The van der Waals surface area contributed by atoms with E-state index in [1.807, 2.05) is 0 Å². The van der Waals surface area contributed by atoms with Crippen LogP contribution in [-0.2, 0) is 14.3 Å². The van der Waals surface area contributed by atoms with Gasteiger partial charge in [-0.2, -0.15) is 0 Å². The van der Waals surface area contributed by atoms with Crippen molar-refractivity contribution < 1.29 is 14.3 Å². The van der Waals surface area contributed by atoms with Crippen molar-refractivity contribution in [1.82, 2.24) is 10.2 Å². The number of thioether (sulfide) groups is 1. The molecule has 1 heterocycles. The van der Waals surface area contributed by atoms with Crippen LogP contribution in [0.25, 0.3) is 0 Å². The third-order valence-corrected chi connectivity index (χ3v) is 6.02. The Kier molecular flexibility index (Phi) is 8.52. The first-order valence-corrected chi connectivity index (χ1v) is 10.4. The van der Waals surface area contributed by atoms with Gasteiger partial charge in [-0.1, -0.05) is 48.8 Å². The van der Waals surface area contributed by atoms with Gasteiger partial charge in [-0.15, -0.1) is 10.2 Å². The average Bonchev–Trinajstić information content (AvgIpc) is 3.22. The van der Waals surface area contributed by atoms with Crippen molar-refractivity contribution in [3.63, 3.8) is 0 Å². The fourth-order valence-corrected chi connectivity index (χ4v) is 4.52. The maximum Gasteiger partial charge on any atom is 0.305 e. The highest BCUT2D eigenvalue weighted by Crippen LogP contribution is 2.29. The summed E-state index contributed by atoms with van der Waals surface area (Å²) in [5.74, 6) is 1.36. The third-order valence-electron chi connectivity index (χ3n) is 3.96. The van der Waals surface area contributed by atoms with Gasteiger partial charge in [0, 0.05) is 18.6 Å². The zero-order chi connectivity index (χ0) is 17.2. The van der Waals surface area contributed by atoms with Gasteiger partial charge >= 0.3 is 5.97 Å². The third kappa shape index (κ3) is 7.17. The first kappa shape index (κ1) is 19.2. The number of carbonyl (C=O) groups is 2. The summed E-state index contributed by atoms with van der Waals surface area (Å²) in [5.41, 5.74) is 0. The summed E-state index contributed by atoms with van der Waals surface area (Å²) >= 11 is 2.93. The molecule has 1 saturated carbocycles. The van der Waals surface area contributed by atoms with E-state index < -0.39 is 0 Å². The molecule has 0 radical (unpaired) electrons. The Morgan fingerprint density at radius 3 is 2.83 bits per heavy atom. The van der Waals surface area contributed by atoms with Gasteiger partial charge in [0.15, 0.2) is 4.34 Å². The Morgan fingerprint density at radius 1 is 1.29 bits per heavy atom. The van der Waals surface area contributed by atoms with E-state index in [1.54, 1.807) is 18.7 Å². The smallest absolute Gasteiger partial charge is 0.305 e. The molecule has 0 aromatic carbocycles. The number of amides is 1. The summed E-state index contributed by atoms with van der Waals surface area (Å²) in [6.07, 6.45) is 7.83. The van der Waals surface area contributed by atoms with E-state index >= 15 is 0 Å². The summed E-state index contributed by atoms with van der Waals surface area (Å²) in [4.78, 5) is 23.2. The number of anilines is 1. The molecule has 0 spiro atoms. The van der Waals surface area contributed by atoms with E-state index in [2.05, 4.69) is 15.5 Å². The lowest BCUT2D eigenvalue weighted by molar-refractivity contribution is -0.143. The van der Waals surface area contributed by atoms with E-state index in [1.165, 1.54) is 37.0 Å². The van der Waals surface area contributed by atoms with Crippen LogP contribution >= 0.6 is 23.1 Å². The molecule has 1 aliphatic rings. The number of hydrogen-bond acceptors (Lipinski definition) is 7. The van der Waals surface area contributed by atoms with E-state index in [-0.39, 0.29) is 11.9 Å². The van der Waals surface area contributed by atoms with Gasteiger partial charge in [-0.3, -0.25) is 9.59 Å². The molecule has 1 aliphatic carbocycles. The molecule has 1 amide bonds. The quantitative estimate of drug-likeness (QED) is 0.291. The Morgan fingerprint density at radius 2 is 2.08 bits per heavy atom. The molecule has 1 aromatic heterocycles. The van der Waals surface area contributed by atoms with Crippen LogP contribution < -0.4 is 5.32 Å². The number of nitrogens with one attached hydrogen (secondary N) is 1. The zero-order valence-electron chi connectivity index (χ0n) is 14.1. The van der Waals surface area contributed by atoms with E-state index in [4.69, 9.17) is 4.74 Å². The maximum absolute atomic E-state index is 11.9. The first-order valence-electron chi connectivity index (χ1n) is 8.59. The Balaban J connectivity index is 1.61. The minimum Gasteiger partial charge on any atom is -0.466 e. The molecule has 1 aromatic rings. The summed E-state index contributed by atoms with van der Waals surface area (Å²) < 4.78 is 5.69. The molecule has 1 N–H and O–H groups in total. The van der Waals surface area contributed by atoms with Gasteiger partial charge in [-0.25, -0.2) is 0 Å². The minimum atomic E-state index is -0.162. The van der Waals surface area contributed by atoms with Crippen LogP contribution in [0.2, 0.25) is 0 Å². The number of ether oxygens (including phenoxy) is 1. The second-order valence-electron chi connectivity index (χ2n) is 5.87. The number of hydrogen-bond donors (Lipinski definition) is 1. The van der Waals surface area contributed by atoms with Crippen molar-refractivity contribution in [3.05, 3.63) is 0 Å². The summed E-state index contributed by atoms with van der Waals surface area (Å²) in [5, 5.41) is 11.4. The topological polar surface area (TPSA) is 81.2 Å². The van der Waals surface area contributed by atoms with E-state index in [9.17, 15) is 9.59 Å². The van der Waals surface area contributed by atoms with Gasteiger partial charge in [0.05, 0.1) is 6.61 Å². The second-order valence-corrected chi connectivity index (χ2v) is 8.19. The normalized spacial score (nSPS) is 14.7. The van der Waals surface area contributed by atoms with Crippen LogP contribution in [0.15, 0.2) is 4.34 Å². The van der Waals surface area contributed by atoms with Crippen molar-refractivity contribution in [2.24, 2.45) is 5.92 Å². The number of esters is 1. The average molecular weight is 372 g/mol. The van der Waals surface area contributed by atoms with Crippen molar-refractivity contribution in [2.75, 3.05) is 17.7 Å². The fraction of sp³-hybridized carbons (Fsp3) is 0.750. The van der Waals surface area contributed by atoms with Gasteiger partial charge < -0.3 is 10.1 Å². The Labute approximate surface area is 151 Å². The standard InChI is InChI=1S/C16H25N3O3S2/c1-2-22-14(21)8-5-11-23-16-19-18-15(24-16)17-13(20)10-9-12-6-3-4-7-12/h12H,2-11H2,1H3,(H,17,18,20). The minimum absolute atomic E-state index is 0.0249. The number of rotatable bonds is 10. The number of aromatic nitrogens is 2. The molecule has 0 aliphatic heterocycles. The van der Waals surface area contributed by atoms with Crippen molar-refractivity contribution >= 4 is 40.1 Å². The van der Waals surface area contributed by atoms with Crippen molar-refractivity contribution in [3.8, 4) is 0 Å². The van der Waals surface area contributed by atoms with Crippen molar-refractivity contribution in [2.45, 2.75) is 62.6 Å². The van der Waals surface area contributed by atoms with Gasteiger partial charge in [0.1, 0.15) is 0 Å². The van der Waals surface area contributed by atoms with Crippen LogP contribution in [0, 0.1) is 5.92 Å². The van der Waals surface area contributed by atoms with Crippen LogP contribution in [0.1, 0.15) is 58.3 Å². The van der Waals surface area contributed by atoms with Crippen LogP contribution in [0.4, 0.5) is 5.13 Å².